The molecule has 0 radical (unpaired) electrons. The van der Waals surface area contributed by atoms with Gasteiger partial charge >= 0.3 is 12.4 Å². The van der Waals surface area contributed by atoms with E-state index in [0.717, 1.165) is 24.4 Å². The van der Waals surface area contributed by atoms with Gasteiger partial charge in [0, 0.05) is 18.4 Å². The third kappa shape index (κ3) is 6.00. The minimum absolute atomic E-state index is 0.00755. The molecule has 0 aliphatic heterocycles. The monoisotopic (exact) mass is 461 g/mol. The van der Waals surface area contributed by atoms with Crippen LogP contribution in [-0.4, -0.2) is 42.7 Å². The average molecular weight is 461 g/mol. The second kappa shape index (κ2) is 8.90. The van der Waals surface area contributed by atoms with E-state index in [1.807, 2.05) is 0 Å². The Labute approximate surface area is 176 Å². The van der Waals surface area contributed by atoms with Crippen molar-refractivity contribution in [1.29, 1.82) is 0 Å². The van der Waals surface area contributed by atoms with E-state index in [1.165, 1.54) is 19.1 Å². The summed E-state index contributed by atoms with van der Waals surface area (Å²) in [4.78, 5) is 18.7. The summed E-state index contributed by atoms with van der Waals surface area (Å²) in [5.41, 5.74) is -2.64. The molecule has 0 aliphatic carbocycles. The average Bonchev–Trinajstić information content (AvgIpc) is 2.71. The molecule has 3 aromatic rings. The Balaban J connectivity index is 2.01. The van der Waals surface area contributed by atoms with E-state index >= 15 is 0 Å². The van der Waals surface area contributed by atoms with E-state index in [1.54, 1.807) is 0 Å². The quantitative estimate of drug-likeness (QED) is 0.475. The van der Waals surface area contributed by atoms with Gasteiger partial charge in [-0.3, -0.25) is 4.98 Å². The van der Waals surface area contributed by atoms with Crippen LogP contribution in [0.4, 0.5) is 43.9 Å². The van der Waals surface area contributed by atoms with E-state index < -0.39 is 29.8 Å². The highest BCUT2D eigenvalue weighted by Gasteiger charge is 2.33. The summed E-state index contributed by atoms with van der Waals surface area (Å²) >= 11 is 0. The number of hydrogen-bond donors (Lipinski definition) is 3. The lowest BCUT2D eigenvalue weighted by atomic mass is 10.3. The van der Waals surface area contributed by atoms with Crippen LogP contribution in [0.5, 0.6) is 0 Å². The van der Waals surface area contributed by atoms with Gasteiger partial charge in [-0.05, 0) is 31.2 Å². The number of aromatic nitrogens is 5. The standard InChI is InChI=1S/C18H15F6N7O/c1-9(32)8-26-15-29-14(11-3-2-4-12(28-11)17(19,20)21)30-16(31-15)27-10-5-6-25-13(7-10)18(22,23)24/h2-7,9,32H,8H2,1H3,(H2,25,26,27,29,30,31)/i14+2. The lowest BCUT2D eigenvalue weighted by molar-refractivity contribution is -0.141. The minimum Gasteiger partial charge on any atom is -0.392 e. The van der Waals surface area contributed by atoms with Gasteiger partial charge in [-0.15, -0.1) is 0 Å². The minimum atomic E-state index is -4.71. The molecule has 32 heavy (non-hydrogen) atoms. The van der Waals surface area contributed by atoms with Crippen LogP contribution in [0.3, 0.4) is 0 Å². The number of aliphatic hydroxyl groups is 1. The van der Waals surface area contributed by atoms with Gasteiger partial charge in [-0.1, -0.05) is 6.07 Å². The van der Waals surface area contributed by atoms with Crippen LogP contribution in [-0.2, 0) is 12.4 Å². The molecule has 0 fully saturated rings. The number of alkyl halides is 6. The van der Waals surface area contributed by atoms with E-state index in [0.29, 0.717) is 0 Å². The number of hydrogen-bond acceptors (Lipinski definition) is 8. The summed E-state index contributed by atoms with van der Waals surface area (Å²) < 4.78 is 77.7. The van der Waals surface area contributed by atoms with Crippen molar-refractivity contribution < 1.29 is 31.4 Å². The smallest absolute Gasteiger partial charge is 0.392 e. The van der Waals surface area contributed by atoms with Gasteiger partial charge in [-0.2, -0.15) is 41.3 Å². The Bertz CT molecular complexity index is 1090. The van der Waals surface area contributed by atoms with E-state index in [4.69, 9.17) is 0 Å². The first-order valence-electron chi connectivity index (χ1n) is 8.95. The topological polar surface area (TPSA) is 109 Å². The molecule has 0 saturated heterocycles. The van der Waals surface area contributed by atoms with Crippen LogP contribution in [0.25, 0.3) is 11.5 Å². The number of nitrogens with one attached hydrogen (secondary N) is 2. The number of anilines is 3. The SMILES string of the molecule is CC(O)CNc1nc(Nc2ccnc(C(F)(F)F)c2)n[14c](-c2cccc(C(F)(F)F)n2)n1. The van der Waals surface area contributed by atoms with Gasteiger partial charge in [0.25, 0.3) is 0 Å². The lowest BCUT2D eigenvalue weighted by Crippen LogP contribution is -2.18. The van der Waals surface area contributed by atoms with Gasteiger partial charge in [0.1, 0.15) is 17.1 Å². The van der Waals surface area contributed by atoms with E-state index in [9.17, 15) is 31.4 Å². The Morgan fingerprint density at radius 3 is 2.31 bits per heavy atom. The summed E-state index contributed by atoms with van der Waals surface area (Å²) in [7, 11) is 0. The zero-order valence-corrected chi connectivity index (χ0v) is 16.2. The van der Waals surface area contributed by atoms with Crippen molar-refractivity contribution in [2.45, 2.75) is 25.4 Å². The van der Waals surface area contributed by atoms with Gasteiger partial charge in [0.05, 0.1) is 6.10 Å². The Hall–Kier alpha value is -3.55. The summed E-state index contributed by atoms with van der Waals surface area (Å²) in [6, 6.07) is 5.06. The fourth-order valence-corrected chi connectivity index (χ4v) is 2.37. The molecular weight excluding hydrogens is 446 g/mol. The zero-order valence-electron chi connectivity index (χ0n) is 16.2. The van der Waals surface area contributed by atoms with Crippen molar-refractivity contribution in [3.05, 3.63) is 47.9 Å². The number of nitrogens with zero attached hydrogens (tertiary/aromatic N) is 5. The molecule has 3 rings (SSSR count). The fraction of sp³-hybridized carbons (Fsp3) is 0.278. The Kier molecular flexibility index (Phi) is 6.43. The molecule has 0 aliphatic rings. The van der Waals surface area contributed by atoms with Crippen LogP contribution in [0.1, 0.15) is 18.3 Å². The molecule has 8 nitrogen and oxygen atoms in total. The predicted molar refractivity (Wildman–Crippen MR) is 101 cm³/mol. The summed E-state index contributed by atoms with van der Waals surface area (Å²) in [5, 5.41) is 14.6. The fourth-order valence-electron chi connectivity index (χ4n) is 2.37. The van der Waals surface area contributed by atoms with Crippen LogP contribution >= 0.6 is 0 Å². The molecule has 0 amide bonds. The van der Waals surface area contributed by atoms with E-state index in [2.05, 4.69) is 35.6 Å². The molecule has 0 aromatic carbocycles. The molecule has 1 unspecified atom stereocenters. The van der Waals surface area contributed by atoms with Gasteiger partial charge in [0.2, 0.25) is 11.9 Å². The molecule has 170 valence electrons. The second-order valence-electron chi connectivity index (χ2n) is 6.49. The first kappa shape index (κ1) is 23.1. The van der Waals surface area contributed by atoms with Gasteiger partial charge in [-0.25, -0.2) is 4.98 Å². The summed E-state index contributed by atoms with van der Waals surface area (Å²) in [5.74, 6) is -0.670. The van der Waals surface area contributed by atoms with Crippen molar-refractivity contribution in [2.75, 3.05) is 17.2 Å². The molecule has 0 saturated carbocycles. The molecule has 3 N–H and O–H groups in total. The van der Waals surface area contributed by atoms with Gasteiger partial charge in [0.15, 0.2) is 5.82 Å². The lowest BCUT2D eigenvalue weighted by Gasteiger charge is -2.12. The Morgan fingerprint density at radius 2 is 1.66 bits per heavy atom. The number of rotatable bonds is 6. The molecule has 3 aromatic heterocycles. The van der Waals surface area contributed by atoms with Crippen molar-refractivity contribution in [2.24, 2.45) is 0 Å². The van der Waals surface area contributed by atoms with Crippen LogP contribution < -0.4 is 10.6 Å². The number of pyridine rings is 2. The molecule has 3 heterocycles. The van der Waals surface area contributed by atoms with Crippen molar-refractivity contribution in [3.8, 4) is 11.5 Å². The predicted octanol–water partition coefficient (Wildman–Crippen LogP) is 3.90. The highest BCUT2D eigenvalue weighted by molar-refractivity contribution is 5.59. The maximum atomic E-state index is 13.0. The maximum absolute atomic E-state index is 13.0. The third-order valence-corrected chi connectivity index (χ3v) is 3.77. The van der Waals surface area contributed by atoms with Crippen LogP contribution in [0, 0.1) is 0 Å². The number of halogens is 6. The third-order valence-electron chi connectivity index (χ3n) is 3.77. The summed E-state index contributed by atoms with van der Waals surface area (Å²) in [6.45, 7) is 1.46. The first-order valence-corrected chi connectivity index (χ1v) is 8.95. The highest BCUT2D eigenvalue weighted by Crippen LogP contribution is 2.30. The molecule has 0 spiro atoms. The first-order chi connectivity index (χ1) is 14.9. The number of aliphatic hydroxyl groups excluding tert-OH is 1. The summed E-state index contributed by atoms with van der Waals surface area (Å²) in [6.07, 6.45) is -9.28. The largest absolute Gasteiger partial charge is 0.433 e. The van der Waals surface area contributed by atoms with E-state index in [-0.39, 0.29) is 35.6 Å². The molecular formula is C18H15F6N7O. The molecule has 14 heteroatoms. The van der Waals surface area contributed by atoms with Crippen molar-refractivity contribution in [3.63, 3.8) is 0 Å². The Morgan fingerprint density at radius 1 is 0.969 bits per heavy atom. The normalized spacial score (nSPS) is 13.0. The molecule has 1 atom stereocenters. The zero-order chi connectivity index (χ0) is 23.5. The van der Waals surface area contributed by atoms with Gasteiger partial charge < -0.3 is 15.7 Å². The van der Waals surface area contributed by atoms with Crippen molar-refractivity contribution in [1.82, 2.24) is 24.9 Å². The maximum Gasteiger partial charge on any atom is 0.433 e. The highest BCUT2D eigenvalue weighted by atomic mass is 19.4. The van der Waals surface area contributed by atoms with Crippen LogP contribution in [0.2, 0.25) is 0 Å². The molecule has 0 bridgehead atoms. The van der Waals surface area contributed by atoms with Crippen LogP contribution in [0.15, 0.2) is 36.5 Å². The second-order valence-corrected chi connectivity index (χ2v) is 6.49. The van der Waals surface area contributed by atoms with Crippen molar-refractivity contribution >= 4 is 17.6 Å².